The summed E-state index contributed by atoms with van der Waals surface area (Å²) < 4.78 is 0. The molecule has 1 heterocycles. The van der Waals surface area contributed by atoms with Gasteiger partial charge in [0.05, 0.1) is 5.92 Å². The molecule has 0 spiro atoms. The van der Waals surface area contributed by atoms with Crippen LogP contribution in [0.4, 0.5) is 0 Å². The average Bonchev–Trinajstić information content (AvgIpc) is 2.48. The Labute approximate surface area is 134 Å². The maximum atomic E-state index is 12.9. The van der Waals surface area contributed by atoms with Crippen LogP contribution in [0.1, 0.15) is 44.6 Å². The zero-order valence-electron chi connectivity index (χ0n) is 13.0. The maximum absolute atomic E-state index is 12.9. The summed E-state index contributed by atoms with van der Waals surface area (Å²) in [5.41, 5.74) is 7.00. The molecule has 1 saturated heterocycles. The van der Waals surface area contributed by atoms with Crippen LogP contribution in [-0.2, 0) is 4.79 Å². The van der Waals surface area contributed by atoms with Crippen LogP contribution in [0.25, 0.3) is 0 Å². The summed E-state index contributed by atoms with van der Waals surface area (Å²) in [4.78, 5) is 14.9. The zero-order valence-corrected chi connectivity index (χ0v) is 13.8. The molecule has 3 unspecified atom stereocenters. The lowest BCUT2D eigenvalue weighted by molar-refractivity contribution is -0.137. The van der Waals surface area contributed by atoms with E-state index in [4.69, 9.17) is 5.73 Å². The number of piperidine rings is 1. The van der Waals surface area contributed by atoms with Crippen molar-refractivity contribution in [1.82, 2.24) is 4.90 Å². The molecular formula is C17H27ClN2O. The molecule has 4 heteroatoms. The average molecular weight is 311 g/mol. The Hall–Kier alpha value is -1.06. The van der Waals surface area contributed by atoms with Crippen LogP contribution in [0.2, 0.25) is 0 Å². The van der Waals surface area contributed by atoms with E-state index in [1.165, 1.54) is 0 Å². The lowest BCUT2D eigenvalue weighted by atomic mass is 9.89. The summed E-state index contributed by atoms with van der Waals surface area (Å²) in [7, 11) is 0. The van der Waals surface area contributed by atoms with Gasteiger partial charge in [-0.1, -0.05) is 44.2 Å². The second-order valence-electron chi connectivity index (χ2n) is 5.92. The predicted molar refractivity (Wildman–Crippen MR) is 89.7 cm³/mol. The largest absolute Gasteiger partial charge is 0.338 e. The third kappa shape index (κ3) is 4.21. The number of rotatable bonds is 4. The highest BCUT2D eigenvalue weighted by Gasteiger charge is 2.32. The van der Waals surface area contributed by atoms with Gasteiger partial charge in [-0.3, -0.25) is 4.79 Å². The van der Waals surface area contributed by atoms with Crippen LogP contribution in [0, 0.1) is 5.92 Å². The van der Waals surface area contributed by atoms with E-state index in [2.05, 4.69) is 26.0 Å². The van der Waals surface area contributed by atoms with E-state index >= 15 is 0 Å². The Bertz CT molecular complexity index is 438. The highest BCUT2D eigenvalue weighted by molar-refractivity contribution is 5.85. The first-order valence-electron chi connectivity index (χ1n) is 7.72. The third-order valence-electron chi connectivity index (χ3n) is 4.44. The molecule has 1 amide bonds. The Kier molecular flexibility index (Phi) is 7.20. The van der Waals surface area contributed by atoms with E-state index in [1.54, 1.807) is 0 Å². The normalized spacial score (nSPS) is 23.3. The quantitative estimate of drug-likeness (QED) is 0.928. The van der Waals surface area contributed by atoms with Gasteiger partial charge in [0.2, 0.25) is 5.91 Å². The van der Waals surface area contributed by atoms with Crippen molar-refractivity contribution in [1.29, 1.82) is 0 Å². The molecule has 2 N–H and O–H groups in total. The van der Waals surface area contributed by atoms with Crippen LogP contribution in [0.3, 0.4) is 0 Å². The Balaban J connectivity index is 0.00000220. The van der Waals surface area contributed by atoms with Gasteiger partial charge in [-0.2, -0.15) is 0 Å². The van der Waals surface area contributed by atoms with E-state index in [0.717, 1.165) is 31.4 Å². The van der Waals surface area contributed by atoms with E-state index < -0.39 is 0 Å². The monoisotopic (exact) mass is 310 g/mol. The SMILES string of the molecule is CCC(C(=O)N1CCC(C)CC1CN)c1ccccc1.Cl. The fraction of sp³-hybridized carbons (Fsp3) is 0.588. The number of benzene rings is 1. The van der Waals surface area contributed by atoms with E-state index in [9.17, 15) is 4.79 Å². The molecule has 0 aliphatic carbocycles. The smallest absolute Gasteiger partial charge is 0.230 e. The van der Waals surface area contributed by atoms with Gasteiger partial charge in [0.1, 0.15) is 0 Å². The number of halogens is 1. The van der Waals surface area contributed by atoms with Crippen molar-refractivity contribution in [3.8, 4) is 0 Å². The summed E-state index contributed by atoms with van der Waals surface area (Å²) in [6, 6.07) is 10.3. The van der Waals surface area contributed by atoms with Crippen LogP contribution >= 0.6 is 12.4 Å². The molecule has 3 nitrogen and oxygen atoms in total. The van der Waals surface area contributed by atoms with E-state index in [1.807, 2.05) is 23.1 Å². The zero-order chi connectivity index (χ0) is 14.5. The first kappa shape index (κ1) is 18.0. The summed E-state index contributed by atoms with van der Waals surface area (Å²) in [5, 5.41) is 0. The summed E-state index contributed by atoms with van der Waals surface area (Å²) in [5.74, 6) is 0.893. The van der Waals surface area contributed by atoms with Crippen LogP contribution < -0.4 is 5.73 Å². The second kappa shape index (κ2) is 8.40. The molecule has 118 valence electrons. The molecule has 1 aromatic carbocycles. The number of carbonyl (C=O) groups excluding carboxylic acids is 1. The summed E-state index contributed by atoms with van der Waals surface area (Å²) in [6.07, 6.45) is 2.97. The number of amides is 1. The number of carbonyl (C=O) groups is 1. The molecule has 0 aromatic heterocycles. The predicted octanol–water partition coefficient (Wildman–Crippen LogP) is 3.19. The number of nitrogens with zero attached hydrogens (tertiary/aromatic N) is 1. The highest BCUT2D eigenvalue weighted by Crippen LogP contribution is 2.28. The highest BCUT2D eigenvalue weighted by atomic mass is 35.5. The molecular weight excluding hydrogens is 284 g/mol. The van der Waals surface area contributed by atoms with Gasteiger partial charge in [0, 0.05) is 19.1 Å². The molecule has 1 aliphatic heterocycles. The van der Waals surface area contributed by atoms with Gasteiger partial charge in [-0.25, -0.2) is 0 Å². The second-order valence-corrected chi connectivity index (χ2v) is 5.92. The Morgan fingerprint density at radius 1 is 1.38 bits per heavy atom. The van der Waals surface area contributed by atoms with Crippen molar-refractivity contribution in [2.45, 2.75) is 45.1 Å². The number of likely N-dealkylation sites (tertiary alicyclic amines) is 1. The third-order valence-corrected chi connectivity index (χ3v) is 4.44. The van der Waals surface area contributed by atoms with Gasteiger partial charge in [-0.15, -0.1) is 12.4 Å². The molecule has 1 fully saturated rings. The lowest BCUT2D eigenvalue weighted by Crippen LogP contribution is -2.50. The minimum Gasteiger partial charge on any atom is -0.338 e. The fourth-order valence-electron chi connectivity index (χ4n) is 3.20. The summed E-state index contributed by atoms with van der Waals surface area (Å²) >= 11 is 0. The topological polar surface area (TPSA) is 46.3 Å². The van der Waals surface area contributed by atoms with Crippen molar-refractivity contribution in [3.05, 3.63) is 35.9 Å². The van der Waals surface area contributed by atoms with Crippen molar-refractivity contribution in [2.75, 3.05) is 13.1 Å². The molecule has 2 rings (SSSR count). The molecule has 3 atom stereocenters. The minimum atomic E-state index is -0.0290. The van der Waals surface area contributed by atoms with Gasteiger partial charge >= 0.3 is 0 Å². The van der Waals surface area contributed by atoms with Crippen molar-refractivity contribution in [2.24, 2.45) is 11.7 Å². The number of hydrogen-bond acceptors (Lipinski definition) is 2. The lowest BCUT2D eigenvalue weighted by Gasteiger charge is -2.39. The van der Waals surface area contributed by atoms with Crippen LogP contribution in [0.5, 0.6) is 0 Å². The number of hydrogen-bond donors (Lipinski definition) is 1. The maximum Gasteiger partial charge on any atom is 0.230 e. The first-order chi connectivity index (χ1) is 9.67. The van der Waals surface area contributed by atoms with Gasteiger partial charge in [0.25, 0.3) is 0 Å². The van der Waals surface area contributed by atoms with Crippen molar-refractivity contribution < 1.29 is 4.79 Å². The Morgan fingerprint density at radius 2 is 2.05 bits per heavy atom. The van der Waals surface area contributed by atoms with Crippen molar-refractivity contribution >= 4 is 18.3 Å². The van der Waals surface area contributed by atoms with Crippen LogP contribution in [-0.4, -0.2) is 29.9 Å². The Morgan fingerprint density at radius 3 is 2.62 bits per heavy atom. The fourth-order valence-corrected chi connectivity index (χ4v) is 3.20. The molecule has 21 heavy (non-hydrogen) atoms. The van der Waals surface area contributed by atoms with Crippen molar-refractivity contribution in [3.63, 3.8) is 0 Å². The molecule has 0 radical (unpaired) electrons. The van der Waals surface area contributed by atoms with Crippen LogP contribution in [0.15, 0.2) is 30.3 Å². The first-order valence-corrected chi connectivity index (χ1v) is 7.72. The number of nitrogens with two attached hydrogens (primary N) is 1. The van der Waals surface area contributed by atoms with E-state index in [0.29, 0.717) is 12.5 Å². The molecule has 1 aliphatic rings. The van der Waals surface area contributed by atoms with Gasteiger partial charge in [-0.05, 0) is 30.7 Å². The summed E-state index contributed by atoms with van der Waals surface area (Å²) in [6.45, 7) is 5.76. The minimum absolute atomic E-state index is 0. The van der Waals surface area contributed by atoms with Gasteiger partial charge in [0.15, 0.2) is 0 Å². The standard InChI is InChI=1S/C17H26N2O.ClH/c1-3-16(14-7-5-4-6-8-14)17(20)19-10-9-13(2)11-15(19)12-18;/h4-8,13,15-16H,3,9-12,18H2,1-2H3;1H. The molecule has 0 bridgehead atoms. The molecule has 0 saturated carbocycles. The molecule has 1 aromatic rings. The van der Waals surface area contributed by atoms with E-state index in [-0.39, 0.29) is 30.3 Å². The van der Waals surface area contributed by atoms with Gasteiger partial charge < -0.3 is 10.6 Å².